The monoisotopic (exact) mass is 242 g/mol. The summed E-state index contributed by atoms with van der Waals surface area (Å²) in [6.07, 6.45) is 4.27. The van der Waals surface area contributed by atoms with Crippen LogP contribution in [0.1, 0.15) is 46.0 Å². The Morgan fingerprint density at radius 1 is 1.59 bits per heavy atom. The molecule has 0 aromatic heterocycles. The largest absolute Gasteiger partial charge is 0.393 e. The van der Waals surface area contributed by atoms with Gasteiger partial charge in [0.2, 0.25) is 5.91 Å². The highest BCUT2D eigenvalue weighted by Gasteiger charge is 2.39. The summed E-state index contributed by atoms with van der Waals surface area (Å²) in [6, 6.07) is 0. The molecule has 0 radical (unpaired) electrons. The Kier molecular flexibility index (Phi) is 5.92. The summed E-state index contributed by atoms with van der Waals surface area (Å²) in [7, 11) is 0. The van der Waals surface area contributed by atoms with Gasteiger partial charge in [0.15, 0.2) is 0 Å². The van der Waals surface area contributed by atoms with Crippen molar-refractivity contribution in [3.63, 3.8) is 0 Å². The first kappa shape index (κ1) is 14.5. The van der Waals surface area contributed by atoms with Gasteiger partial charge in [-0.15, -0.1) is 0 Å². The van der Waals surface area contributed by atoms with Gasteiger partial charge in [-0.05, 0) is 39.2 Å². The third-order valence-electron chi connectivity index (χ3n) is 3.54. The molecule has 2 unspecified atom stereocenters. The third kappa shape index (κ3) is 4.28. The van der Waals surface area contributed by atoms with Gasteiger partial charge in [0, 0.05) is 13.1 Å². The SMILES string of the molecule is CCCC1(C(=O)NCCCC(C)O)CCNC1. The first-order chi connectivity index (χ1) is 8.10. The van der Waals surface area contributed by atoms with Crippen molar-refractivity contribution in [2.75, 3.05) is 19.6 Å². The fourth-order valence-corrected chi connectivity index (χ4v) is 2.53. The topological polar surface area (TPSA) is 61.4 Å². The molecule has 0 aromatic rings. The Hall–Kier alpha value is -0.610. The number of rotatable bonds is 7. The van der Waals surface area contributed by atoms with Crippen LogP contribution in [0.3, 0.4) is 0 Å². The molecule has 2 atom stereocenters. The number of carbonyl (C=O) groups excluding carboxylic acids is 1. The van der Waals surface area contributed by atoms with Crippen molar-refractivity contribution in [1.82, 2.24) is 10.6 Å². The fraction of sp³-hybridized carbons (Fsp3) is 0.923. The minimum absolute atomic E-state index is 0.181. The van der Waals surface area contributed by atoms with Crippen LogP contribution >= 0.6 is 0 Å². The van der Waals surface area contributed by atoms with Crippen molar-refractivity contribution < 1.29 is 9.90 Å². The van der Waals surface area contributed by atoms with Gasteiger partial charge in [0.1, 0.15) is 0 Å². The molecule has 1 heterocycles. The van der Waals surface area contributed by atoms with Crippen molar-refractivity contribution in [2.24, 2.45) is 5.41 Å². The van der Waals surface area contributed by atoms with Crippen molar-refractivity contribution >= 4 is 5.91 Å². The Morgan fingerprint density at radius 2 is 2.35 bits per heavy atom. The molecule has 0 saturated carbocycles. The Bertz CT molecular complexity index is 236. The second-order valence-electron chi connectivity index (χ2n) is 5.20. The van der Waals surface area contributed by atoms with E-state index in [1.807, 2.05) is 0 Å². The van der Waals surface area contributed by atoms with Crippen LogP contribution in [0.15, 0.2) is 0 Å². The zero-order valence-electron chi connectivity index (χ0n) is 11.1. The predicted molar refractivity (Wildman–Crippen MR) is 68.8 cm³/mol. The molecule has 0 aromatic carbocycles. The summed E-state index contributed by atoms with van der Waals surface area (Å²) in [6.45, 7) is 6.33. The fourth-order valence-electron chi connectivity index (χ4n) is 2.53. The van der Waals surface area contributed by atoms with Crippen molar-refractivity contribution in [3.8, 4) is 0 Å². The number of nitrogens with one attached hydrogen (secondary N) is 2. The quantitative estimate of drug-likeness (QED) is 0.585. The first-order valence-electron chi connectivity index (χ1n) is 6.78. The van der Waals surface area contributed by atoms with E-state index < -0.39 is 0 Å². The van der Waals surface area contributed by atoms with Crippen LogP contribution < -0.4 is 10.6 Å². The number of carbonyl (C=O) groups is 1. The van der Waals surface area contributed by atoms with Gasteiger partial charge in [0.05, 0.1) is 11.5 Å². The second-order valence-corrected chi connectivity index (χ2v) is 5.20. The molecule has 1 aliphatic rings. The summed E-state index contributed by atoms with van der Waals surface area (Å²) < 4.78 is 0. The molecule has 0 spiro atoms. The molecule has 1 fully saturated rings. The average molecular weight is 242 g/mol. The molecule has 1 aliphatic heterocycles. The molecule has 0 bridgehead atoms. The lowest BCUT2D eigenvalue weighted by Crippen LogP contribution is -2.42. The predicted octanol–water partition coefficient (Wildman–Crippen LogP) is 1.04. The van der Waals surface area contributed by atoms with Crippen molar-refractivity contribution in [1.29, 1.82) is 0 Å². The molecule has 1 amide bonds. The van der Waals surface area contributed by atoms with E-state index in [1.165, 1.54) is 0 Å². The number of hydrogen-bond donors (Lipinski definition) is 3. The lowest BCUT2D eigenvalue weighted by molar-refractivity contribution is -0.130. The molecule has 17 heavy (non-hydrogen) atoms. The standard InChI is InChI=1S/C13H26N2O2/c1-3-6-13(7-9-14-10-13)12(17)15-8-4-5-11(2)16/h11,14,16H,3-10H2,1-2H3,(H,15,17). The van der Waals surface area contributed by atoms with Crippen molar-refractivity contribution in [3.05, 3.63) is 0 Å². The number of amides is 1. The maximum Gasteiger partial charge on any atom is 0.227 e. The maximum atomic E-state index is 12.2. The van der Waals surface area contributed by atoms with Gasteiger partial charge in [-0.3, -0.25) is 4.79 Å². The molecular weight excluding hydrogens is 216 g/mol. The van der Waals surface area contributed by atoms with E-state index in [2.05, 4.69) is 17.6 Å². The van der Waals surface area contributed by atoms with Crippen LogP contribution in [-0.4, -0.2) is 36.8 Å². The molecule has 0 aliphatic carbocycles. The van der Waals surface area contributed by atoms with E-state index in [9.17, 15) is 4.79 Å². The van der Waals surface area contributed by atoms with Crippen molar-refractivity contribution in [2.45, 2.75) is 52.1 Å². The highest BCUT2D eigenvalue weighted by Crippen LogP contribution is 2.31. The Labute approximate surface area is 104 Å². The summed E-state index contributed by atoms with van der Waals surface area (Å²) in [5, 5.41) is 15.4. The molecule has 4 heteroatoms. The summed E-state index contributed by atoms with van der Waals surface area (Å²) in [5.41, 5.74) is -0.181. The minimum Gasteiger partial charge on any atom is -0.393 e. The second kappa shape index (κ2) is 6.97. The van der Waals surface area contributed by atoms with Crippen LogP contribution in [0.25, 0.3) is 0 Å². The highest BCUT2D eigenvalue weighted by molar-refractivity contribution is 5.83. The van der Waals surface area contributed by atoms with Crippen LogP contribution in [0.2, 0.25) is 0 Å². The normalized spacial score (nSPS) is 25.8. The first-order valence-corrected chi connectivity index (χ1v) is 6.78. The molecule has 1 rings (SSSR count). The molecular formula is C13H26N2O2. The molecule has 3 N–H and O–H groups in total. The lowest BCUT2D eigenvalue weighted by Gasteiger charge is -2.26. The molecule has 1 saturated heterocycles. The summed E-state index contributed by atoms with van der Waals surface area (Å²) >= 11 is 0. The van der Waals surface area contributed by atoms with Crippen LogP contribution in [0.4, 0.5) is 0 Å². The Balaban J connectivity index is 2.33. The van der Waals surface area contributed by atoms with E-state index in [4.69, 9.17) is 5.11 Å². The summed E-state index contributed by atoms with van der Waals surface area (Å²) in [5.74, 6) is 0.190. The van der Waals surface area contributed by atoms with E-state index >= 15 is 0 Å². The van der Waals surface area contributed by atoms with E-state index in [1.54, 1.807) is 6.92 Å². The highest BCUT2D eigenvalue weighted by atomic mass is 16.3. The van der Waals surface area contributed by atoms with Crippen LogP contribution in [0.5, 0.6) is 0 Å². The molecule has 100 valence electrons. The zero-order chi connectivity index (χ0) is 12.7. The summed E-state index contributed by atoms with van der Waals surface area (Å²) in [4.78, 5) is 12.2. The smallest absolute Gasteiger partial charge is 0.227 e. The van der Waals surface area contributed by atoms with E-state index in [0.717, 1.165) is 45.2 Å². The average Bonchev–Trinajstić information content (AvgIpc) is 2.74. The van der Waals surface area contributed by atoms with Crippen LogP contribution in [-0.2, 0) is 4.79 Å². The minimum atomic E-state index is -0.273. The third-order valence-corrected chi connectivity index (χ3v) is 3.54. The van der Waals surface area contributed by atoms with Crippen LogP contribution in [0, 0.1) is 5.41 Å². The number of aliphatic hydroxyl groups excluding tert-OH is 1. The van der Waals surface area contributed by atoms with Gasteiger partial charge in [0.25, 0.3) is 0 Å². The van der Waals surface area contributed by atoms with E-state index in [-0.39, 0.29) is 17.4 Å². The van der Waals surface area contributed by atoms with E-state index in [0.29, 0.717) is 6.54 Å². The number of hydrogen-bond acceptors (Lipinski definition) is 3. The molecule has 4 nitrogen and oxygen atoms in total. The Morgan fingerprint density at radius 3 is 2.88 bits per heavy atom. The van der Waals surface area contributed by atoms with Gasteiger partial charge in [-0.2, -0.15) is 0 Å². The van der Waals surface area contributed by atoms with Gasteiger partial charge in [-0.25, -0.2) is 0 Å². The number of aliphatic hydroxyl groups is 1. The lowest BCUT2D eigenvalue weighted by atomic mass is 9.81. The zero-order valence-corrected chi connectivity index (χ0v) is 11.1. The van der Waals surface area contributed by atoms with Gasteiger partial charge < -0.3 is 15.7 Å². The van der Waals surface area contributed by atoms with Gasteiger partial charge >= 0.3 is 0 Å². The maximum absolute atomic E-state index is 12.2. The van der Waals surface area contributed by atoms with Gasteiger partial charge in [-0.1, -0.05) is 13.3 Å².